The van der Waals surface area contributed by atoms with Crippen LogP contribution in [0.4, 0.5) is 0 Å². The second-order valence-corrected chi connectivity index (χ2v) is 2.14. The topological polar surface area (TPSA) is 31.4 Å². The van der Waals surface area contributed by atoms with E-state index in [1.807, 2.05) is 39.8 Å². The van der Waals surface area contributed by atoms with E-state index >= 15 is 0 Å². The smallest absolute Gasteiger partial charge is 0.213 e. The molecule has 1 rings (SSSR count). The second-order valence-electron chi connectivity index (χ2n) is 2.14. The van der Waals surface area contributed by atoms with Gasteiger partial charge in [0.15, 0.2) is 0 Å². The zero-order valence-electron chi connectivity index (χ0n) is 10.7. The fraction of sp³-hybridized carbons (Fsp3) is 0.583. The minimum Gasteiger partial charge on any atom is -0.481 e. The van der Waals surface area contributed by atoms with Crippen molar-refractivity contribution in [3.05, 3.63) is 23.9 Å². The van der Waals surface area contributed by atoms with Crippen LogP contribution in [-0.2, 0) is 11.3 Å². The number of nitrogens with zero attached hydrogens (tertiary/aromatic N) is 1. The van der Waals surface area contributed by atoms with Crippen LogP contribution < -0.4 is 4.74 Å². The molecule has 1 heterocycles. The molecular formula is C12H23NO2. The molecule has 3 nitrogen and oxygen atoms in total. The van der Waals surface area contributed by atoms with Gasteiger partial charge in [-0.15, -0.1) is 0 Å². The van der Waals surface area contributed by atoms with Gasteiger partial charge < -0.3 is 9.47 Å². The third-order valence-corrected chi connectivity index (χ3v) is 1.32. The maximum Gasteiger partial charge on any atom is 0.213 e. The summed E-state index contributed by atoms with van der Waals surface area (Å²) in [5.41, 5.74) is 1.07. The summed E-state index contributed by atoms with van der Waals surface area (Å²) in [4.78, 5) is 3.96. The Bertz CT molecular complexity index is 227. The van der Waals surface area contributed by atoms with E-state index in [0.29, 0.717) is 12.5 Å². The standard InChI is InChI=1S/C8H11NO2.2C2H6/c1-10-6-7-3-4-9-8(5-7)11-2;2*1-2/h3-5H,6H2,1-2H3;2*1-2H3. The summed E-state index contributed by atoms with van der Waals surface area (Å²) >= 11 is 0. The molecule has 1 aromatic rings. The summed E-state index contributed by atoms with van der Waals surface area (Å²) in [6.45, 7) is 8.60. The molecule has 0 aromatic carbocycles. The van der Waals surface area contributed by atoms with Crippen LogP contribution in [0.15, 0.2) is 18.3 Å². The molecule has 0 radical (unpaired) electrons. The number of hydrogen-bond donors (Lipinski definition) is 0. The Labute approximate surface area is 93.4 Å². The molecule has 0 saturated carbocycles. The van der Waals surface area contributed by atoms with Crippen LogP contribution in [0.25, 0.3) is 0 Å². The minimum atomic E-state index is 0.596. The van der Waals surface area contributed by atoms with Gasteiger partial charge in [0.1, 0.15) is 0 Å². The lowest BCUT2D eigenvalue weighted by molar-refractivity contribution is 0.184. The fourth-order valence-corrected chi connectivity index (χ4v) is 0.819. The van der Waals surface area contributed by atoms with Crippen molar-refractivity contribution in [3.8, 4) is 5.88 Å². The van der Waals surface area contributed by atoms with E-state index in [-0.39, 0.29) is 0 Å². The van der Waals surface area contributed by atoms with Gasteiger partial charge in [0.25, 0.3) is 0 Å². The van der Waals surface area contributed by atoms with Crippen molar-refractivity contribution >= 4 is 0 Å². The van der Waals surface area contributed by atoms with Gasteiger partial charge in [-0.05, 0) is 11.6 Å². The van der Waals surface area contributed by atoms with Gasteiger partial charge in [-0.1, -0.05) is 27.7 Å². The second kappa shape index (κ2) is 12.9. The molecule has 0 N–H and O–H groups in total. The van der Waals surface area contributed by atoms with Crippen molar-refractivity contribution in [2.45, 2.75) is 34.3 Å². The van der Waals surface area contributed by atoms with E-state index in [9.17, 15) is 0 Å². The number of pyridine rings is 1. The number of hydrogen-bond acceptors (Lipinski definition) is 3. The summed E-state index contributed by atoms with van der Waals surface area (Å²) in [7, 11) is 3.26. The van der Waals surface area contributed by atoms with Crippen LogP contribution >= 0.6 is 0 Å². The first kappa shape index (κ1) is 16.3. The van der Waals surface area contributed by atoms with Gasteiger partial charge in [0.2, 0.25) is 5.88 Å². The number of rotatable bonds is 3. The third-order valence-electron chi connectivity index (χ3n) is 1.32. The van der Waals surface area contributed by atoms with Gasteiger partial charge in [0.05, 0.1) is 13.7 Å². The van der Waals surface area contributed by atoms with Gasteiger partial charge in [-0.3, -0.25) is 0 Å². The Hall–Kier alpha value is -1.09. The van der Waals surface area contributed by atoms with Crippen molar-refractivity contribution < 1.29 is 9.47 Å². The zero-order valence-corrected chi connectivity index (χ0v) is 10.7. The van der Waals surface area contributed by atoms with Crippen LogP contribution in [-0.4, -0.2) is 19.2 Å². The summed E-state index contributed by atoms with van der Waals surface area (Å²) in [5, 5.41) is 0. The molecule has 0 atom stereocenters. The Kier molecular flexibility index (Phi) is 14.1. The highest BCUT2D eigenvalue weighted by Crippen LogP contribution is 2.08. The zero-order chi connectivity index (χ0) is 12.1. The van der Waals surface area contributed by atoms with Crippen LogP contribution in [0.3, 0.4) is 0 Å². The molecule has 0 aliphatic rings. The molecule has 0 saturated heterocycles. The number of aromatic nitrogens is 1. The molecule has 0 aliphatic carbocycles. The maximum atomic E-state index is 4.94. The van der Waals surface area contributed by atoms with E-state index in [2.05, 4.69) is 4.98 Å². The molecule has 0 bridgehead atoms. The largest absolute Gasteiger partial charge is 0.481 e. The van der Waals surface area contributed by atoms with Crippen LogP contribution in [0.2, 0.25) is 0 Å². The SMILES string of the molecule is CC.CC.COCc1ccnc(OC)c1. The first-order valence-corrected chi connectivity index (χ1v) is 5.34. The monoisotopic (exact) mass is 213 g/mol. The lowest BCUT2D eigenvalue weighted by atomic mass is 10.3. The van der Waals surface area contributed by atoms with Gasteiger partial charge in [-0.25, -0.2) is 4.98 Å². The summed E-state index contributed by atoms with van der Waals surface area (Å²) in [6.07, 6.45) is 1.70. The van der Waals surface area contributed by atoms with E-state index in [1.54, 1.807) is 20.4 Å². The molecule has 0 amide bonds. The van der Waals surface area contributed by atoms with Crippen LogP contribution in [0.1, 0.15) is 33.3 Å². The Morgan fingerprint density at radius 3 is 2.20 bits per heavy atom. The molecular weight excluding hydrogens is 190 g/mol. The van der Waals surface area contributed by atoms with Crippen LogP contribution in [0, 0.1) is 0 Å². The highest BCUT2D eigenvalue weighted by Gasteiger charge is 1.94. The minimum absolute atomic E-state index is 0.596. The molecule has 3 heteroatoms. The molecule has 0 aliphatic heterocycles. The van der Waals surface area contributed by atoms with Crippen molar-refractivity contribution in [1.82, 2.24) is 4.98 Å². The van der Waals surface area contributed by atoms with Crippen molar-refractivity contribution in [1.29, 1.82) is 0 Å². The van der Waals surface area contributed by atoms with Crippen molar-refractivity contribution in [2.75, 3.05) is 14.2 Å². The molecule has 0 unspecified atom stereocenters. The highest BCUT2D eigenvalue weighted by atomic mass is 16.5. The fourth-order valence-electron chi connectivity index (χ4n) is 0.819. The normalized spacial score (nSPS) is 7.87. The average Bonchev–Trinajstić information content (AvgIpc) is 2.35. The predicted octanol–water partition coefficient (Wildman–Crippen LogP) is 3.29. The molecule has 1 aromatic heterocycles. The predicted molar refractivity (Wildman–Crippen MR) is 64.2 cm³/mol. The van der Waals surface area contributed by atoms with E-state index in [4.69, 9.17) is 9.47 Å². The Balaban J connectivity index is 0. The summed E-state index contributed by atoms with van der Waals surface area (Å²) < 4.78 is 9.88. The van der Waals surface area contributed by atoms with Crippen molar-refractivity contribution in [3.63, 3.8) is 0 Å². The number of methoxy groups -OCH3 is 2. The molecule has 0 spiro atoms. The summed E-state index contributed by atoms with van der Waals surface area (Å²) in [6, 6.07) is 3.75. The molecule has 0 fully saturated rings. The van der Waals surface area contributed by atoms with Gasteiger partial charge in [0, 0.05) is 19.4 Å². The summed E-state index contributed by atoms with van der Waals surface area (Å²) in [5.74, 6) is 0.625. The Morgan fingerprint density at radius 1 is 1.13 bits per heavy atom. The lowest BCUT2D eigenvalue weighted by Crippen LogP contribution is -1.91. The molecule has 88 valence electrons. The molecule has 15 heavy (non-hydrogen) atoms. The van der Waals surface area contributed by atoms with E-state index in [0.717, 1.165) is 5.56 Å². The third kappa shape index (κ3) is 7.94. The van der Waals surface area contributed by atoms with E-state index in [1.165, 1.54) is 0 Å². The van der Waals surface area contributed by atoms with Crippen LogP contribution in [0.5, 0.6) is 5.88 Å². The maximum absolute atomic E-state index is 4.94. The average molecular weight is 213 g/mol. The quantitative estimate of drug-likeness (QED) is 0.772. The lowest BCUT2D eigenvalue weighted by Gasteiger charge is -2.01. The first-order chi connectivity index (χ1) is 7.36. The first-order valence-electron chi connectivity index (χ1n) is 5.34. The Morgan fingerprint density at radius 2 is 1.73 bits per heavy atom. The van der Waals surface area contributed by atoms with Gasteiger partial charge >= 0.3 is 0 Å². The highest BCUT2D eigenvalue weighted by molar-refractivity contribution is 5.19. The number of ether oxygens (including phenoxy) is 2. The van der Waals surface area contributed by atoms with Crippen molar-refractivity contribution in [2.24, 2.45) is 0 Å². The van der Waals surface area contributed by atoms with Gasteiger partial charge in [-0.2, -0.15) is 0 Å². The van der Waals surface area contributed by atoms with E-state index < -0.39 is 0 Å².